The molecule has 1 fully saturated rings. The summed E-state index contributed by atoms with van der Waals surface area (Å²) in [5.41, 5.74) is 6.79. The van der Waals surface area contributed by atoms with Crippen molar-refractivity contribution in [1.82, 2.24) is 0 Å². The summed E-state index contributed by atoms with van der Waals surface area (Å²) in [5.74, 6) is 0.917. The fraction of sp³-hybridized carbons (Fsp3) is 0.538. The summed E-state index contributed by atoms with van der Waals surface area (Å²) >= 11 is 0. The van der Waals surface area contributed by atoms with Crippen LogP contribution in [0, 0.1) is 6.92 Å². The number of nitrogens with two attached hydrogens (primary N) is 1. The SMILES string of the molecule is COc1ccc(C)cc1.NC1CCCC1. The number of rotatable bonds is 1. The molecule has 2 nitrogen and oxygen atoms in total. The minimum atomic E-state index is 0.546. The molecule has 0 saturated heterocycles. The summed E-state index contributed by atoms with van der Waals surface area (Å²) in [4.78, 5) is 0. The van der Waals surface area contributed by atoms with Gasteiger partial charge >= 0.3 is 0 Å². The number of ether oxygens (including phenoxy) is 1. The number of methoxy groups -OCH3 is 1. The normalized spacial score (nSPS) is 15.7. The molecule has 0 unspecified atom stereocenters. The van der Waals surface area contributed by atoms with E-state index in [1.165, 1.54) is 31.2 Å². The van der Waals surface area contributed by atoms with Crippen LogP contribution in [0.1, 0.15) is 31.2 Å². The van der Waals surface area contributed by atoms with Gasteiger partial charge in [0.05, 0.1) is 7.11 Å². The Morgan fingerprint density at radius 1 is 1.13 bits per heavy atom. The highest BCUT2D eigenvalue weighted by Gasteiger charge is 2.07. The Labute approximate surface area is 92.4 Å². The minimum Gasteiger partial charge on any atom is -0.497 e. The summed E-state index contributed by atoms with van der Waals surface area (Å²) in [6.07, 6.45) is 5.25. The van der Waals surface area contributed by atoms with Crippen molar-refractivity contribution < 1.29 is 4.74 Å². The summed E-state index contributed by atoms with van der Waals surface area (Å²) in [6, 6.07) is 8.51. The molecular formula is C13H21NO. The third-order valence-corrected chi connectivity index (χ3v) is 2.66. The molecule has 1 saturated carbocycles. The number of aryl methyl sites for hydroxylation is 1. The molecule has 1 aromatic carbocycles. The summed E-state index contributed by atoms with van der Waals surface area (Å²) in [6.45, 7) is 2.06. The Bertz CT molecular complexity index is 262. The first-order valence-electron chi connectivity index (χ1n) is 5.58. The molecule has 1 aliphatic rings. The molecule has 0 aliphatic heterocycles. The van der Waals surface area contributed by atoms with Gasteiger partial charge in [-0.25, -0.2) is 0 Å². The molecule has 15 heavy (non-hydrogen) atoms. The quantitative estimate of drug-likeness (QED) is 0.768. The molecule has 2 heteroatoms. The lowest BCUT2D eigenvalue weighted by Crippen LogP contribution is -2.13. The molecule has 0 heterocycles. The summed E-state index contributed by atoms with van der Waals surface area (Å²) in [5, 5.41) is 0. The van der Waals surface area contributed by atoms with E-state index in [1.54, 1.807) is 7.11 Å². The van der Waals surface area contributed by atoms with Gasteiger partial charge < -0.3 is 10.5 Å². The van der Waals surface area contributed by atoms with Crippen molar-refractivity contribution in [3.63, 3.8) is 0 Å². The van der Waals surface area contributed by atoms with Crippen LogP contribution in [-0.2, 0) is 0 Å². The second-order valence-electron chi connectivity index (χ2n) is 4.06. The first-order chi connectivity index (χ1) is 7.22. The molecule has 2 rings (SSSR count). The first kappa shape index (κ1) is 12.1. The lowest BCUT2D eigenvalue weighted by Gasteiger charge is -1.97. The van der Waals surface area contributed by atoms with Crippen LogP contribution in [-0.4, -0.2) is 13.2 Å². The monoisotopic (exact) mass is 207 g/mol. The molecule has 84 valence electrons. The zero-order chi connectivity index (χ0) is 11.1. The first-order valence-corrected chi connectivity index (χ1v) is 5.58. The number of hydrogen-bond donors (Lipinski definition) is 1. The summed E-state index contributed by atoms with van der Waals surface area (Å²) in [7, 11) is 1.67. The van der Waals surface area contributed by atoms with Gasteiger partial charge in [0.2, 0.25) is 0 Å². The second-order valence-corrected chi connectivity index (χ2v) is 4.06. The standard InChI is InChI=1S/C8H10O.C5H11N/c1-7-3-5-8(9-2)6-4-7;6-5-3-1-2-4-5/h3-6H,1-2H3;5H,1-4,6H2. The van der Waals surface area contributed by atoms with Crippen LogP contribution in [0.5, 0.6) is 5.75 Å². The van der Waals surface area contributed by atoms with E-state index in [0.29, 0.717) is 6.04 Å². The zero-order valence-electron chi connectivity index (χ0n) is 9.70. The number of hydrogen-bond acceptors (Lipinski definition) is 2. The van der Waals surface area contributed by atoms with E-state index in [4.69, 9.17) is 10.5 Å². The van der Waals surface area contributed by atoms with Gasteiger partial charge in [0.15, 0.2) is 0 Å². The minimum absolute atomic E-state index is 0.546. The Hall–Kier alpha value is -1.02. The third kappa shape index (κ3) is 4.84. The van der Waals surface area contributed by atoms with Crippen LogP contribution in [0.25, 0.3) is 0 Å². The Balaban J connectivity index is 0.000000162. The highest BCUT2D eigenvalue weighted by atomic mass is 16.5. The van der Waals surface area contributed by atoms with Crippen molar-refractivity contribution in [2.45, 2.75) is 38.6 Å². The molecule has 0 radical (unpaired) electrons. The third-order valence-electron chi connectivity index (χ3n) is 2.66. The van der Waals surface area contributed by atoms with Gasteiger partial charge in [0, 0.05) is 6.04 Å². The van der Waals surface area contributed by atoms with Crippen molar-refractivity contribution in [2.75, 3.05) is 7.11 Å². The van der Waals surface area contributed by atoms with Gasteiger partial charge in [0.1, 0.15) is 5.75 Å². The topological polar surface area (TPSA) is 35.2 Å². The highest BCUT2D eigenvalue weighted by Crippen LogP contribution is 2.14. The lowest BCUT2D eigenvalue weighted by molar-refractivity contribution is 0.414. The molecule has 0 aromatic heterocycles. The Morgan fingerprint density at radius 2 is 1.67 bits per heavy atom. The van der Waals surface area contributed by atoms with E-state index in [9.17, 15) is 0 Å². The van der Waals surface area contributed by atoms with Crippen LogP contribution in [0.2, 0.25) is 0 Å². The van der Waals surface area contributed by atoms with Crippen molar-refractivity contribution in [1.29, 1.82) is 0 Å². The molecule has 0 amide bonds. The van der Waals surface area contributed by atoms with Gasteiger partial charge in [-0.1, -0.05) is 30.5 Å². The fourth-order valence-electron chi connectivity index (χ4n) is 1.63. The average Bonchev–Trinajstić information content (AvgIpc) is 2.71. The molecule has 0 bridgehead atoms. The van der Waals surface area contributed by atoms with Crippen LogP contribution < -0.4 is 10.5 Å². The van der Waals surface area contributed by atoms with Gasteiger partial charge in [-0.2, -0.15) is 0 Å². The maximum absolute atomic E-state index is 5.53. The van der Waals surface area contributed by atoms with Crippen LogP contribution >= 0.6 is 0 Å². The predicted octanol–water partition coefficient (Wildman–Crippen LogP) is 2.89. The molecular weight excluding hydrogens is 186 g/mol. The Morgan fingerprint density at radius 3 is 2.00 bits per heavy atom. The molecule has 0 spiro atoms. The van der Waals surface area contributed by atoms with Gasteiger partial charge in [-0.15, -0.1) is 0 Å². The maximum atomic E-state index is 5.53. The lowest BCUT2D eigenvalue weighted by atomic mass is 10.2. The van der Waals surface area contributed by atoms with E-state index < -0.39 is 0 Å². The van der Waals surface area contributed by atoms with E-state index in [1.807, 2.05) is 24.3 Å². The van der Waals surface area contributed by atoms with Crippen LogP contribution in [0.4, 0.5) is 0 Å². The number of benzene rings is 1. The second kappa shape index (κ2) is 6.46. The Kier molecular flexibility index (Phi) is 5.19. The summed E-state index contributed by atoms with van der Waals surface area (Å²) < 4.78 is 4.97. The molecule has 1 aromatic rings. The van der Waals surface area contributed by atoms with E-state index in [0.717, 1.165) is 5.75 Å². The predicted molar refractivity (Wildman–Crippen MR) is 64.2 cm³/mol. The van der Waals surface area contributed by atoms with Gasteiger partial charge in [-0.05, 0) is 31.9 Å². The van der Waals surface area contributed by atoms with Crippen molar-refractivity contribution >= 4 is 0 Å². The van der Waals surface area contributed by atoms with Crippen molar-refractivity contribution in [3.8, 4) is 5.75 Å². The van der Waals surface area contributed by atoms with Crippen molar-refractivity contribution in [2.24, 2.45) is 5.73 Å². The van der Waals surface area contributed by atoms with Crippen LogP contribution in [0.15, 0.2) is 24.3 Å². The van der Waals surface area contributed by atoms with Gasteiger partial charge in [-0.3, -0.25) is 0 Å². The van der Waals surface area contributed by atoms with E-state index >= 15 is 0 Å². The zero-order valence-corrected chi connectivity index (χ0v) is 9.70. The largest absolute Gasteiger partial charge is 0.497 e. The van der Waals surface area contributed by atoms with E-state index in [2.05, 4.69) is 6.92 Å². The molecule has 0 atom stereocenters. The van der Waals surface area contributed by atoms with E-state index in [-0.39, 0.29) is 0 Å². The van der Waals surface area contributed by atoms with Crippen LogP contribution in [0.3, 0.4) is 0 Å². The maximum Gasteiger partial charge on any atom is 0.118 e. The van der Waals surface area contributed by atoms with Crippen molar-refractivity contribution in [3.05, 3.63) is 29.8 Å². The average molecular weight is 207 g/mol. The molecule has 1 aliphatic carbocycles. The smallest absolute Gasteiger partial charge is 0.118 e. The van der Waals surface area contributed by atoms with Gasteiger partial charge in [0.25, 0.3) is 0 Å². The molecule has 2 N–H and O–H groups in total. The highest BCUT2D eigenvalue weighted by molar-refractivity contribution is 5.25. The fourth-order valence-corrected chi connectivity index (χ4v) is 1.63.